The number of allylic oxidation sites excluding steroid dienone is 2. The second kappa shape index (κ2) is 9.15. The van der Waals surface area contributed by atoms with Crippen LogP contribution in [0.1, 0.15) is 77.7 Å². The molecule has 3 nitrogen and oxygen atoms in total. The van der Waals surface area contributed by atoms with Crippen LogP contribution in [0.15, 0.2) is 48.6 Å². The van der Waals surface area contributed by atoms with Gasteiger partial charge in [-0.05, 0) is 97.6 Å². The van der Waals surface area contributed by atoms with E-state index in [1.807, 2.05) is 24.3 Å². The van der Waals surface area contributed by atoms with Gasteiger partial charge in [0.05, 0.1) is 6.61 Å². The number of halogens is 1. The first kappa shape index (κ1) is 25.2. The van der Waals surface area contributed by atoms with Gasteiger partial charge in [-0.3, -0.25) is 4.79 Å². The fraction of sp³-hybridized carbons (Fsp3) is 0.645. The zero-order valence-electron chi connectivity index (χ0n) is 21.6. The molecule has 190 valence electrons. The van der Waals surface area contributed by atoms with Crippen LogP contribution in [-0.2, 0) is 16.1 Å². The van der Waals surface area contributed by atoms with E-state index in [2.05, 4.69) is 32.6 Å². The van der Waals surface area contributed by atoms with E-state index in [-0.39, 0.29) is 16.7 Å². The maximum Gasteiger partial charge on any atom is 0.169 e. The zero-order chi connectivity index (χ0) is 25.0. The number of hydrogen-bond acceptors (Lipinski definition) is 3. The highest BCUT2D eigenvalue weighted by molar-refractivity contribution is 6.30. The molecule has 0 aromatic heterocycles. The Labute approximate surface area is 216 Å². The summed E-state index contributed by atoms with van der Waals surface area (Å²) in [5.74, 6) is 1.67. The fourth-order valence-corrected chi connectivity index (χ4v) is 8.91. The van der Waals surface area contributed by atoms with Crippen LogP contribution < -0.4 is 0 Å². The predicted molar refractivity (Wildman–Crippen MR) is 141 cm³/mol. The summed E-state index contributed by atoms with van der Waals surface area (Å²) in [7, 11) is 0. The molecule has 4 heteroatoms. The largest absolute Gasteiger partial charge is 0.365 e. The van der Waals surface area contributed by atoms with Crippen LogP contribution in [-0.4, -0.2) is 16.7 Å². The van der Waals surface area contributed by atoms with Crippen LogP contribution in [0.5, 0.6) is 0 Å². The number of ketones is 1. The molecule has 8 atom stereocenters. The lowest BCUT2D eigenvalue weighted by atomic mass is 9.45. The normalized spacial score (nSPS) is 42.4. The zero-order valence-corrected chi connectivity index (χ0v) is 22.3. The second-order valence-corrected chi connectivity index (χ2v) is 12.8. The van der Waals surface area contributed by atoms with E-state index in [1.165, 1.54) is 18.4 Å². The summed E-state index contributed by atoms with van der Waals surface area (Å²) in [5.41, 5.74) is 2.62. The highest BCUT2D eigenvalue weighted by Crippen LogP contribution is 2.68. The van der Waals surface area contributed by atoms with E-state index in [4.69, 9.17) is 16.3 Å². The number of hydrogen-bond donors (Lipinski definition) is 1. The molecular weight excluding hydrogens is 456 g/mol. The Hall–Kier alpha value is -1.42. The number of Topliss-reactive ketones (excluding diaryl/α,β-unsaturated/α-hetero) is 1. The van der Waals surface area contributed by atoms with Gasteiger partial charge >= 0.3 is 0 Å². The number of carbonyl (C=O) groups is 1. The number of ether oxygens (including phenoxy) is 1. The van der Waals surface area contributed by atoms with Crippen molar-refractivity contribution < 1.29 is 14.6 Å². The molecule has 3 saturated carbocycles. The Balaban J connectivity index is 1.41. The van der Waals surface area contributed by atoms with Crippen molar-refractivity contribution in [3.8, 4) is 0 Å². The van der Waals surface area contributed by atoms with Crippen molar-refractivity contribution in [1.29, 1.82) is 0 Å². The molecule has 4 aliphatic carbocycles. The quantitative estimate of drug-likeness (QED) is 0.327. The molecule has 0 bridgehead atoms. The third-order valence-corrected chi connectivity index (χ3v) is 10.9. The van der Waals surface area contributed by atoms with Gasteiger partial charge in [0.15, 0.2) is 5.79 Å². The number of fused-ring (bicyclic) bond motifs is 5. The van der Waals surface area contributed by atoms with Gasteiger partial charge in [0.2, 0.25) is 0 Å². The van der Waals surface area contributed by atoms with Crippen LogP contribution in [0.3, 0.4) is 0 Å². The van der Waals surface area contributed by atoms with Crippen molar-refractivity contribution >= 4 is 17.4 Å². The van der Waals surface area contributed by atoms with Gasteiger partial charge in [-0.2, -0.15) is 0 Å². The summed E-state index contributed by atoms with van der Waals surface area (Å²) in [5, 5.41) is 12.2. The summed E-state index contributed by atoms with van der Waals surface area (Å²) in [6, 6.07) is 7.64. The van der Waals surface area contributed by atoms with Crippen molar-refractivity contribution in [2.24, 2.45) is 40.4 Å². The standard InChI is InChI=1S/C31H41ClO3/c1-5-6-22-17-23-18-31(34,35-19-21-7-9-24(32)10-8-21)16-15-29(23,3)27-13-14-30(4)25(20(2)33)11-12-26(30)28(22)27/h5,7-10,17,22,25-28,34H,1,6,11-16,18-19H2,2-4H3/t22?,25-,26+,27+,28+,29+,30-,31?/m1/s1. The van der Waals surface area contributed by atoms with Gasteiger partial charge in [-0.15, -0.1) is 6.58 Å². The number of benzene rings is 1. The molecule has 0 radical (unpaired) electrons. The van der Waals surface area contributed by atoms with E-state index in [0.29, 0.717) is 53.9 Å². The molecule has 1 aromatic rings. The lowest BCUT2D eigenvalue weighted by Gasteiger charge is -2.60. The number of rotatable bonds is 6. The molecule has 5 rings (SSSR count). The van der Waals surface area contributed by atoms with E-state index >= 15 is 0 Å². The molecule has 35 heavy (non-hydrogen) atoms. The predicted octanol–water partition coefficient (Wildman–Crippen LogP) is 7.52. The van der Waals surface area contributed by atoms with Crippen molar-refractivity contribution in [1.82, 2.24) is 0 Å². The van der Waals surface area contributed by atoms with Gasteiger partial charge in [0.25, 0.3) is 0 Å². The minimum atomic E-state index is -1.13. The van der Waals surface area contributed by atoms with Gasteiger partial charge < -0.3 is 9.84 Å². The highest BCUT2D eigenvalue weighted by Gasteiger charge is 2.62. The maximum absolute atomic E-state index is 12.5. The number of carbonyl (C=O) groups excluding carboxylic acids is 1. The monoisotopic (exact) mass is 496 g/mol. The Bertz CT molecular complexity index is 1010. The molecule has 4 aliphatic rings. The molecule has 3 fully saturated rings. The van der Waals surface area contributed by atoms with Crippen molar-refractivity contribution in [3.63, 3.8) is 0 Å². The summed E-state index contributed by atoms with van der Waals surface area (Å²) >= 11 is 6.02. The Morgan fingerprint density at radius 2 is 1.89 bits per heavy atom. The minimum absolute atomic E-state index is 0.0911. The van der Waals surface area contributed by atoms with Crippen molar-refractivity contribution in [2.75, 3.05) is 0 Å². The highest BCUT2D eigenvalue weighted by atomic mass is 35.5. The summed E-state index contributed by atoms with van der Waals surface area (Å²) in [6.07, 6.45) is 12.2. The smallest absolute Gasteiger partial charge is 0.169 e. The lowest BCUT2D eigenvalue weighted by molar-refractivity contribution is -0.232. The first-order valence-electron chi connectivity index (χ1n) is 13.5. The van der Waals surface area contributed by atoms with Crippen molar-refractivity contribution in [3.05, 3.63) is 59.2 Å². The average Bonchev–Trinajstić information content (AvgIpc) is 3.17. The third kappa shape index (κ3) is 4.26. The summed E-state index contributed by atoms with van der Waals surface area (Å²) in [6.45, 7) is 11.1. The third-order valence-electron chi connectivity index (χ3n) is 10.6. The van der Waals surface area contributed by atoms with Gasteiger partial charge in [-0.1, -0.05) is 55.3 Å². The molecule has 1 N–H and O–H groups in total. The van der Waals surface area contributed by atoms with E-state index in [0.717, 1.165) is 31.2 Å². The van der Waals surface area contributed by atoms with E-state index < -0.39 is 5.79 Å². The Morgan fingerprint density at radius 3 is 2.57 bits per heavy atom. The van der Waals surface area contributed by atoms with Gasteiger partial charge in [0, 0.05) is 23.8 Å². The van der Waals surface area contributed by atoms with Crippen LogP contribution in [0, 0.1) is 40.4 Å². The maximum atomic E-state index is 12.5. The number of aliphatic hydroxyl groups is 1. The van der Waals surface area contributed by atoms with Gasteiger partial charge in [0.1, 0.15) is 5.78 Å². The van der Waals surface area contributed by atoms with Crippen LogP contribution >= 0.6 is 11.6 Å². The molecule has 2 unspecified atom stereocenters. The minimum Gasteiger partial charge on any atom is -0.365 e. The molecule has 0 heterocycles. The van der Waals surface area contributed by atoms with Crippen LogP contribution in [0.25, 0.3) is 0 Å². The second-order valence-electron chi connectivity index (χ2n) is 12.4. The Morgan fingerprint density at radius 1 is 1.14 bits per heavy atom. The van der Waals surface area contributed by atoms with Crippen LogP contribution in [0.2, 0.25) is 5.02 Å². The van der Waals surface area contributed by atoms with Crippen molar-refractivity contribution in [2.45, 2.75) is 84.5 Å². The van der Waals surface area contributed by atoms with Gasteiger partial charge in [-0.25, -0.2) is 0 Å². The van der Waals surface area contributed by atoms with E-state index in [9.17, 15) is 9.90 Å². The lowest BCUT2D eigenvalue weighted by Crippen LogP contribution is -2.55. The molecular formula is C31H41ClO3. The van der Waals surface area contributed by atoms with Crippen LogP contribution in [0.4, 0.5) is 0 Å². The molecule has 1 aromatic carbocycles. The summed E-state index contributed by atoms with van der Waals surface area (Å²) < 4.78 is 6.16. The molecule has 0 amide bonds. The summed E-state index contributed by atoms with van der Waals surface area (Å²) in [4.78, 5) is 12.5. The SMILES string of the molecule is C=CCC1C=C2CC(O)(OCc3ccc(Cl)cc3)CC[C@]2(C)[C@H]2CC[C@]3(C)[C@@H](C(C)=O)CC[C@H]3[C@H]12. The fourth-order valence-electron chi connectivity index (χ4n) is 8.79. The molecule has 0 aliphatic heterocycles. The average molecular weight is 497 g/mol. The topological polar surface area (TPSA) is 46.5 Å². The first-order valence-corrected chi connectivity index (χ1v) is 13.9. The Kier molecular flexibility index (Phi) is 6.60. The molecule has 0 spiro atoms. The van der Waals surface area contributed by atoms with E-state index in [1.54, 1.807) is 6.92 Å². The molecule has 0 saturated heterocycles. The first-order chi connectivity index (χ1) is 16.6.